The van der Waals surface area contributed by atoms with Crippen LogP contribution < -0.4 is 10.0 Å². The van der Waals surface area contributed by atoms with Crippen LogP contribution >= 0.6 is 11.3 Å². The summed E-state index contributed by atoms with van der Waals surface area (Å²) in [5.41, 5.74) is -2.70. The Balaban J connectivity index is 1.38. The third-order valence-corrected chi connectivity index (χ3v) is 6.44. The summed E-state index contributed by atoms with van der Waals surface area (Å²) < 4.78 is 61.1. The molecule has 0 aliphatic carbocycles. The lowest BCUT2D eigenvalue weighted by molar-refractivity contribution is -0.0429. The van der Waals surface area contributed by atoms with Crippen molar-refractivity contribution in [2.75, 3.05) is 11.3 Å². The van der Waals surface area contributed by atoms with Crippen molar-refractivity contribution < 1.29 is 26.4 Å². The second-order valence-corrected chi connectivity index (χ2v) is 9.36. The van der Waals surface area contributed by atoms with Gasteiger partial charge in [0, 0.05) is 29.4 Å². The van der Waals surface area contributed by atoms with Gasteiger partial charge >= 0.3 is 15.5 Å². The van der Waals surface area contributed by atoms with Crippen molar-refractivity contribution in [3.05, 3.63) is 64.5 Å². The molecular weight excluding hydrogens is 479 g/mol. The Hall–Kier alpha value is -3.45. The summed E-state index contributed by atoms with van der Waals surface area (Å²) in [5.74, 6) is 0.276. The van der Waals surface area contributed by atoms with Gasteiger partial charge in [-0.15, -0.1) is 0 Å². The summed E-state index contributed by atoms with van der Waals surface area (Å²) in [4.78, 5) is 24.4. The molecule has 0 fully saturated rings. The number of pyridine rings is 1. The van der Waals surface area contributed by atoms with Crippen LogP contribution in [0.5, 0.6) is 0 Å². The highest BCUT2D eigenvalue weighted by molar-refractivity contribution is 7.93. The van der Waals surface area contributed by atoms with Crippen molar-refractivity contribution in [1.82, 2.24) is 20.3 Å². The maximum atomic E-state index is 12.7. The topological polar surface area (TPSA) is 117 Å². The van der Waals surface area contributed by atoms with E-state index in [4.69, 9.17) is 0 Å². The molecule has 0 radical (unpaired) electrons. The van der Waals surface area contributed by atoms with Crippen molar-refractivity contribution in [2.24, 2.45) is 0 Å². The minimum absolute atomic E-state index is 0.208. The molecule has 1 aromatic carbocycles. The summed E-state index contributed by atoms with van der Waals surface area (Å²) in [5, 5.41) is 6.63. The first-order valence-corrected chi connectivity index (χ1v) is 11.9. The van der Waals surface area contributed by atoms with Crippen LogP contribution in [-0.4, -0.2) is 41.3 Å². The molecule has 4 rings (SSSR count). The number of fused-ring (bicyclic) bond motifs is 1. The smallest absolute Gasteiger partial charge is 0.352 e. The van der Waals surface area contributed by atoms with E-state index < -0.39 is 15.5 Å². The molecular formula is C20H16F3N5O3S2. The lowest BCUT2D eigenvalue weighted by Gasteiger charge is -2.11. The SMILES string of the molecule is O=C(NCCc1ccc(NS(=O)(=O)C(F)(F)F)cc1)c1ccnc2nc(-c3ccsc3)[nH]c12. The van der Waals surface area contributed by atoms with Crippen molar-refractivity contribution in [1.29, 1.82) is 0 Å². The average Bonchev–Trinajstić information content (AvgIpc) is 3.43. The number of nitrogens with one attached hydrogen (secondary N) is 3. The molecule has 1 amide bonds. The quantitative estimate of drug-likeness (QED) is 0.359. The van der Waals surface area contributed by atoms with Crippen LogP contribution in [0.25, 0.3) is 22.6 Å². The largest absolute Gasteiger partial charge is 0.516 e. The number of nitrogens with zero attached hydrogens (tertiary/aromatic N) is 2. The third kappa shape index (κ3) is 4.98. The van der Waals surface area contributed by atoms with Crippen molar-refractivity contribution in [3.63, 3.8) is 0 Å². The number of H-pyrrole nitrogens is 1. The maximum absolute atomic E-state index is 12.7. The van der Waals surface area contributed by atoms with Gasteiger partial charge in [0.05, 0.1) is 11.1 Å². The Morgan fingerprint density at radius 1 is 1.12 bits per heavy atom. The van der Waals surface area contributed by atoms with Crippen LogP contribution in [0.15, 0.2) is 53.4 Å². The molecule has 0 aliphatic heterocycles. The Bertz CT molecular complexity index is 1380. The number of thiophene rings is 1. The molecule has 3 N–H and O–H groups in total. The molecule has 0 saturated heterocycles. The van der Waals surface area contributed by atoms with Gasteiger partial charge in [0.2, 0.25) is 0 Å². The molecule has 0 bridgehead atoms. The number of aromatic amines is 1. The van der Waals surface area contributed by atoms with Gasteiger partial charge in [-0.05, 0) is 41.6 Å². The van der Waals surface area contributed by atoms with Crippen LogP contribution in [0.1, 0.15) is 15.9 Å². The Kier molecular flexibility index (Phi) is 6.08. The van der Waals surface area contributed by atoms with Crippen molar-refractivity contribution in [3.8, 4) is 11.4 Å². The van der Waals surface area contributed by atoms with E-state index in [1.165, 1.54) is 46.5 Å². The second-order valence-electron chi connectivity index (χ2n) is 6.91. The number of amides is 1. The first-order valence-electron chi connectivity index (χ1n) is 9.47. The fourth-order valence-corrected chi connectivity index (χ4v) is 4.21. The molecule has 0 atom stereocenters. The molecule has 13 heteroatoms. The molecule has 8 nitrogen and oxygen atoms in total. The van der Waals surface area contributed by atoms with Crippen LogP contribution in [0.4, 0.5) is 18.9 Å². The minimum Gasteiger partial charge on any atom is -0.352 e. The molecule has 33 heavy (non-hydrogen) atoms. The fraction of sp³-hybridized carbons (Fsp3) is 0.150. The van der Waals surface area contributed by atoms with Gasteiger partial charge in [-0.2, -0.15) is 32.9 Å². The number of alkyl halides is 3. The zero-order valence-electron chi connectivity index (χ0n) is 16.7. The maximum Gasteiger partial charge on any atom is 0.516 e. The average molecular weight is 496 g/mol. The predicted octanol–water partition coefficient (Wildman–Crippen LogP) is 3.92. The fourth-order valence-electron chi connectivity index (χ4n) is 3.00. The van der Waals surface area contributed by atoms with E-state index in [0.29, 0.717) is 34.5 Å². The van der Waals surface area contributed by atoms with Crippen molar-refractivity contribution >= 4 is 44.1 Å². The molecule has 0 saturated carbocycles. The molecule has 0 unspecified atom stereocenters. The van der Waals surface area contributed by atoms with E-state index in [9.17, 15) is 26.4 Å². The Morgan fingerprint density at radius 2 is 1.88 bits per heavy atom. The molecule has 3 heterocycles. The van der Waals surface area contributed by atoms with Crippen molar-refractivity contribution in [2.45, 2.75) is 11.9 Å². The van der Waals surface area contributed by atoms with Gasteiger partial charge in [-0.25, -0.2) is 9.97 Å². The first kappa shape index (κ1) is 22.7. The van der Waals surface area contributed by atoms with Gasteiger partial charge in [0.1, 0.15) is 5.82 Å². The standard InChI is InChI=1S/C20H16F3N5O3S2/c21-20(22,23)33(30,31)28-14-3-1-12(2-4-14)5-8-25-19(29)15-6-9-24-18-16(15)26-17(27-18)13-7-10-32-11-13/h1-4,6-7,9-11,28H,5,8H2,(H,25,29)(H,24,26,27). The number of carbonyl (C=O) groups is 1. The Labute approximate surface area is 189 Å². The first-order chi connectivity index (χ1) is 15.6. The number of hydrogen-bond donors (Lipinski definition) is 3. The number of imidazole rings is 1. The van der Waals surface area contributed by atoms with Gasteiger partial charge in [-0.3, -0.25) is 9.52 Å². The number of halogens is 3. The third-order valence-electron chi connectivity index (χ3n) is 4.64. The van der Waals surface area contributed by atoms with E-state index in [2.05, 4.69) is 20.3 Å². The molecule has 172 valence electrons. The highest BCUT2D eigenvalue weighted by Gasteiger charge is 2.46. The summed E-state index contributed by atoms with van der Waals surface area (Å²) in [6.07, 6.45) is 1.88. The van der Waals surface area contributed by atoms with Gasteiger partial charge in [0.25, 0.3) is 5.91 Å². The van der Waals surface area contributed by atoms with Crippen LogP contribution in [0.3, 0.4) is 0 Å². The number of aromatic nitrogens is 3. The molecule has 4 aromatic rings. The van der Waals surface area contributed by atoms with Crippen LogP contribution in [0, 0.1) is 0 Å². The number of benzene rings is 1. The number of rotatable bonds is 7. The zero-order valence-corrected chi connectivity index (χ0v) is 18.3. The molecule has 0 aliphatic rings. The molecule has 0 spiro atoms. The predicted molar refractivity (Wildman–Crippen MR) is 118 cm³/mol. The van der Waals surface area contributed by atoms with E-state index >= 15 is 0 Å². The minimum atomic E-state index is -5.47. The van der Waals surface area contributed by atoms with E-state index in [0.717, 1.165) is 5.56 Å². The summed E-state index contributed by atoms with van der Waals surface area (Å²) in [6, 6.07) is 8.89. The summed E-state index contributed by atoms with van der Waals surface area (Å²) >= 11 is 1.52. The second kappa shape index (κ2) is 8.83. The Morgan fingerprint density at radius 3 is 2.55 bits per heavy atom. The van der Waals surface area contributed by atoms with Gasteiger partial charge in [0.15, 0.2) is 5.65 Å². The van der Waals surface area contributed by atoms with Crippen LogP contribution in [-0.2, 0) is 16.4 Å². The number of anilines is 1. The van der Waals surface area contributed by atoms with Crippen LogP contribution in [0.2, 0.25) is 0 Å². The summed E-state index contributed by atoms with van der Waals surface area (Å²) in [6.45, 7) is 0.252. The molecule has 3 aromatic heterocycles. The summed E-state index contributed by atoms with van der Waals surface area (Å²) in [7, 11) is -5.47. The highest BCUT2D eigenvalue weighted by atomic mass is 32.2. The number of carbonyl (C=O) groups excluding carboxylic acids is 1. The normalized spacial score (nSPS) is 12.1. The monoisotopic (exact) mass is 495 g/mol. The lowest BCUT2D eigenvalue weighted by Crippen LogP contribution is -2.29. The van der Waals surface area contributed by atoms with E-state index in [-0.39, 0.29) is 18.1 Å². The lowest BCUT2D eigenvalue weighted by atomic mass is 10.1. The van der Waals surface area contributed by atoms with Gasteiger partial charge in [-0.1, -0.05) is 12.1 Å². The van der Waals surface area contributed by atoms with Gasteiger partial charge < -0.3 is 10.3 Å². The number of sulfonamides is 1. The number of hydrogen-bond acceptors (Lipinski definition) is 6. The van der Waals surface area contributed by atoms with E-state index in [1.54, 1.807) is 6.07 Å². The van der Waals surface area contributed by atoms with E-state index in [1.807, 2.05) is 16.8 Å². The zero-order chi connectivity index (χ0) is 23.6. The highest BCUT2D eigenvalue weighted by Crippen LogP contribution is 2.26.